The SMILES string of the molecule is Nc1cccc(F)c1COc1c(F)cccc1F. The lowest BCUT2D eigenvalue weighted by Crippen LogP contribution is -2.05. The Morgan fingerprint density at radius 3 is 2.06 bits per heavy atom. The lowest BCUT2D eigenvalue weighted by atomic mass is 10.2. The molecule has 0 saturated heterocycles. The maximum atomic E-state index is 13.4. The van der Waals surface area contributed by atoms with Gasteiger partial charge >= 0.3 is 0 Å². The van der Waals surface area contributed by atoms with Gasteiger partial charge in [-0.2, -0.15) is 0 Å². The smallest absolute Gasteiger partial charge is 0.191 e. The molecule has 0 aliphatic carbocycles. The van der Waals surface area contributed by atoms with Gasteiger partial charge in [0.05, 0.1) is 0 Å². The molecule has 0 unspecified atom stereocenters. The molecule has 2 aromatic rings. The molecule has 94 valence electrons. The predicted molar refractivity (Wildman–Crippen MR) is 61.5 cm³/mol. The first-order chi connectivity index (χ1) is 8.59. The Hall–Kier alpha value is -2.17. The van der Waals surface area contributed by atoms with Gasteiger partial charge < -0.3 is 10.5 Å². The fourth-order valence-electron chi connectivity index (χ4n) is 1.49. The molecule has 0 saturated carbocycles. The predicted octanol–water partition coefficient (Wildman–Crippen LogP) is 3.27. The molecule has 0 aromatic heterocycles. The van der Waals surface area contributed by atoms with Crippen LogP contribution in [0.2, 0.25) is 0 Å². The quantitative estimate of drug-likeness (QED) is 0.852. The second-order valence-electron chi connectivity index (χ2n) is 3.65. The summed E-state index contributed by atoms with van der Waals surface area (Å²) in [6.45, 7) is -0.337. The van der Waals surface area contributed by atoms with Crippen LogP contribution in [0.25, 0.3) is 0 Å². The molecule has 0 radical (unpaired) electrons. The molecule has 2 rings (SSSR count). The Labute approximate surface area is 102 Å². The number of halogens is 3. The number of para-hydroxylation sites is 1. The summed E-state index contributed by atoms with van der Waals surface area (Å²) in [5.74, 6) is -2.80. The van der Waals surface area contributed by atoms with Crippen molar-refractivity contribution in [1.29, 1.82) is 0 Å². The molecule has 2 N–H and O–H groups in total. The minimum Gasteiger partial charge on any atom is -0.483 e. The van der Waals surface area contributed by atoms with E-state index >= 15 is 0 Å². The highest BCUT2D eigenvalue weighted by atomic mass is 19.1. The Bertz CT molecular complexity index is 480. The van der Waals surface area contributed by atoms with Crippen molar-refractivity contribution in [3.63, 3.8) is 0 Å². The van der Waals surface area contributed by atoms with Crippen LogP contribution in [0.3, 0.4) is 0 Å². The summed E-state index contributed by atoms with van der Waals surface area (Å²) >= 11 is 0. The van der Waals surface area contributed by atoms with Gasteiger partial charge in [0.25, 0.3) is 0 Å². The van der Waals surface area contributed by atoms with E-state index in [0.717, 1.165) is 12.1 Å². The Kier molecular flexibility index (Phi) is 3.41. The lowest BCUT2D eigenvalue weighted by molar-refractivity contribution is 0.270. The largest absolute Gasteiger partial charge is 0.483 e. The highest BCUT2D eigenvalue weighted by Gasteiger charge is 2.12. The van der Waals surface area contributed by atoms with Gasteiger partial charge in [0.1, 0.15) is 12.4 Å². The van der Waals surface area contributed by atoms with Crippen molar-refractivity contribution in [2.24, 2.45) is 0 Å². The van der Waals surface area contributed by atoms with E-state index < -0.39 is 23.2 Å². The maximum absolute atomic E-state index is 13.4. The molecule has 0 heterocycles. The third-order valence-corrected chi connectivity index (χ3v) is 2.43. The second-order valence-corrected chi connectivity index (χ2v) is 3.65. The Balaban J connectivity index is 2.22. The van der Waals surface area contributed by atoms with Crippen LogP contribution in [-0.2, 0) is 6.61 Å². The average Bonchev–Trinajstić information content (AvgIpc) is 2.31. The molecule has 0 fully saturated rings. The third-order valence-electron chi connectivity index (χ3n) is 2.43. The van der Waals surface area contributed by atoms with E-state index in [1.807, 2.05) is 0 Å². The van der Waals surface area contributed by atoms with E-state index in [4.69, 9.17) is 10.5 Å². The molecule has 2 nitrogen and oxygen atoms in total. The average molecular weight is 253 g/mol. The standard InChI is InChI=1S/C13H10F3NO/c14-9-3-2-6-12(17)8(9)7-18-13-10(15)4-1-5-11(13)16/h1-6H,7,17H2. The number of anilines is 1. The molecule has 2 aromatic carbocycles. The molecule has 0 amide bonds. The van der Waals surface area contributed by atoms with E-state index in [1.54, 1.807) is 0 Å². The summed E-state index contributed by atoms with van der Waals surface area (Å²) in [6, 6.07) is 7.46. The summed E-state index contributed by atoms with van der Waals surface area (Å²) in [4.78, 5) is 0. The fraction of sp³-hybridized carbons (Fsp3) is 0.0769. The highest BCUT2D eigenvalue weighted by Crippen LogP contribution is 2.24. The summed E-state index contributed by atoms with van der Waals surface area (Å²) in [5.41, 5.74) is 5.80. The molecule has 0 bridgehead atoms. The van der Waals surface area contributed by atoms with Crippen molar-refractivity contribution in [3.8, 4) is 5.75 Å². The van der Waals surface area contributed by atoms with Crippen molar-refractivity contribution in [2.75, 3.05) is 5.73 Å². The van der Waals surface area contributed by atoms with E-state index in [2.05, 4.69) is 0 Å². The number of nitrogens with two attached hydrogens (primary N) is 1. The number of rotatable bonds is 3. The van der Waals surface area contributed by atoms with E-state index in [0.29, 0.717) is 0 Å². The minimum absolute atomic E-state index is 0.0696. The van der Waals surface area contributed by atoms with Gasteiger partial charge in [-0.05, 0) is 24.3 Å². The zero-order valence-electron chi connectivity index (χ0n) is 9.29. The lowest BCUT2D eigenvalue weighted by Gasteiger charge is -2.10. The van der Waals surface area contributed by atoms with Gasteiger partial charge in [-0.3, -0.25) is 0 Å². The Morgan fingerprint density at radius 1 is 0.889 bits per heavy atom. The monoisotopic (exact) mass is 253 g/mol. The normalized spacial score (nSPS) is 10.4. The van der Waals surface area contributed by atoms with Crippen LogP contribution in [0.15, 0.2) is 36.4 Å². The van der Waals surface area contributed by atoms with E-state index in [9.17, 15) is 13.2 Å². The maximum Gasteiger partial charge on any atom is 0.191 e. The van der Waals surface area contributed by atoms with Crippen LogP contribution in [0.5, 0.6) is 5.75 Å². The van der Waals surface area contributed by atoms with Gasteiger partial charge in [0, 0.05) is 11.3 Å². The van der Waals surface area contributed by atoms with Crippen molar-refractivity contribution in [3.05, 3.63) is 59.4 Å². The first-order valence-electron chi connectivity index (χ1n) is 5.19. The van der Waals surface area contributed by atoms with Crippen LogP contribution >= 0.6 is 0 Å². The van der Waals surface area contributed by atoms with Gasteiger partial charge in [-0.15, -0.1) is 0 Å². The summed E-state index contributed by atoms with van der Waals surface area (Å²) in [5, 5.41) is 0. The zero-order chi connectivity index (χ0) is 13.1. The topological polar surface area (TPSA) is 35.2 Å². The molecule has 0 aliphatic rings. The number of hydrogen-bond acceptors (Lipinski definition) is 2. The Morgan fingerprint density at radius 2 is 1.44 bits per heavy atom. The molecule has 5 heteroatoms. The van der Waals surface area contributed by atoms with Crippen molar-refractivity contribution in [2.45, 2.75) is 6.61 Å². The minimum atomic E-state index is -0.843. The second kappa shape index (κ2) is 5.00. The number of nitrogen functional groups attached to an aromatic ring is 1. The van der Waals surface area contributed by atoms with Crippen LogP contribution in [0.1, 0.15) is 5.56 Å². The number of hydrogen-bond donors (Lipinski definition) is 1. The van der Waals surface area contributed by atoms with E-state index in [1.165, 1.54) is 24.3 Å². The molecule has 0 atom stereocenters. The van der Waals surface area contributed by atoms with Gasteiger partial charge in [0.2, 0.25) is 0 Å². The summed E-state index contributed by atoms with van der Waals surface area (Å²) < 4.78 is 44.9. The molecular formula is C13H10F3NO. The molecule has 0 spiro atoms. The third kappa shape index (κ3) is 2.40. The summed E-state index contributed by atoms with van der Waals surface area (Å²) in [7, 11) is 0. The van der Waals surface area contributed by atoms with Crippen molar-refractivity contribution in [1.82, 2.24) is 0 Å². The molecule has 18 heavy (non-hydrogen) atoms. The summed E-state index contributed by atoms with van der Waals surface area (Å²) in [6.07, 6.45) is 0. The highest BCUT2D eigenvalue weighted by molar-refractivity contribution is 5.47. The van der Waals surface area contributed by atoms with Gasteiger partial charge in [0.15, 0.2) is 17.4 Å². The van der Waals surface area contributed by atoms with Gasteiger partial charge in [-0.25, -0.2) is 13.2 Å². The molecule has 0 aliphatic heterocycles. The first kappa shape index (κ1) is 12.3. The van der Waals surface area contributed by atoms with Gasteiger partial charge in [-0.1, -0.05) is 12.1 Å². The first-order valence-corrected chi connectivity index (χ1v) is 5.19. The zero-order valence-corrected chi connectivity index (χ0v) is 9.29. The van der Waals surface area contributed by atoms with Crippen LogP contribution in [0, 0.1) is 17.5 Å². The number of benzene rings is 2. The fourth-order valence-corrected chi connectivity index (χ4v) is 1.49. The number of ether oxygens (including phenoxy) is 1. The van der Waals surface area contributed by atoms with Crippen molar-refractivity contribution < 1.29 is 17.9 Å². The van der Waals surface area contributed by atoms with Crippen LogP contribution < -0.4 is 10.5 Å². The van der Waals surface area contributed by atoms with E-state index in [-0.39, 0.29) is 17.9 Å². The van der Waals surface area contributed by atoms with Crippen LogP contribution in [0.4, 0.5) is 18.9 Å². The molecular weight excluding hydrogens is 243 g/mol. The van der Waals surface area contributed by atoms with Crippen molar-refractivity contribution >= 4 is 5.69 Å². The van der Waals surface area contributed by atoms with Crippen LogP contribution in [-0.4, -0.2) is 0 Å².